The number of hydrogen-bond donors (Lipinski definition) is 3. The third-order valence-corrected chi connectivity index (χ3v) is 7.95. The first-order valence-electron chi connectivity index (χ1n) is 12.1. The van der Waals surface area contributed by atoms with Crippen LogP contribution in [-0.2, 0) is 14.4 Å². The fourth-order valence-corrected chi connectivity index (χ4v) is 6.23. The molecule has 0 aromatic heterocycles. The molecule has 7 nitrogen and oxygen atoms in total. The number of rotatable bonds is 8. The van der Waals surface area contributed by atoms with E-state index in [0.29, 0.717) is 25.3 Å². The molecule has 0 aromatic rings. The summed E-state index contributed by atoms with van der Waals surface area (Å²) in [6.07, 6.45) is 13.3. The normalized spacial score (nSPS) is 29.2. The van der Waals surface area contributed by atoms with Crippen LogP contribution >= 0.6 is 0 Å². The second-order valence-electron chi connectivity index (χ2n) is 10.2. The van der Waals surface area contributed by atoms with Crippen molar-refractivity contribution in [1.82, 2.24) is 15.7 Å². The summed E-state index contributed by atoms with van der Waals surface area (Å²) in [6.45, 7) is 0.531. The number of nitrogens with zero attached hydrogens (tertiary/aromatic N) is 1. The van der Waals surface area contributed by atoms with Gasteiger partial charge in [0, 0.05) is 19.0 Å². The summed E-state index contributed by atoms with van der Waals surface area (Å²) < 4.78 is 0. The Hall–Kier alpha value is -1.63. The van der Waals surface area contributed by atoms with Crippen molar-refractivity contribution in [3.8, 4) is 0 Å². The van der Waals surface area contributed by atoms with Gasteiger partial charge in [-0.3, -0.25) is 19.6 Å². The van der Waals surface area contributed by atoms with Crippen molar-refractivity contribution in [3.05, 3.63) is 0 Å². The molecule has 2 atom stereocenters. The van der Waals surface area contributed by atoms with E-state index in [2.05, 4.69) is 5.32 Å². The van der Waals surface area contributed by atoms with Gasteiger partial charge in [0.1, 0.15) is 6.04 Å². The Labute approximate surface area is 179 Å². The molecule has 1 aliphatic heterocycles. The highest BCUT2D eigenvalue weighted by Crippen LogP contribution is 2.46. The van der Waals surface area contributed by atoms with Gasteiger partial charge in [-0.1, -0.05) is 44.9 Å². The first-order chi connectivity index (χ1) is 14.5. The Morgan fingerprint density at radius 3 is 2.33 bits per heavy atom. The van der Waals surface area contributed by atoms with Gasteiger partial charge in [-0.2, -0.15) is 0 Å². The second-order valence-corrected chi connectivity index (χ2v) is 10.2. The number of hydrogen-bond acceptors (Lipinski definition) is 4. The molecule has 0 bridgehead atoms. The molecule has 1 saturated heterocycles. The van der Waals surface area contributed by atoms with Crippen molar-refractivity contribution >= 4 is 17.7 Å². The fourth-order valence-electron chi connectivity index (χ4n) is 6.23. The molecule has 4 fully saturated rings. The topological polar surface area (TPSA) is 98.7 Å². The molecular formula is C23H37N3O4. The first-order valence-corrected chi connectivity index (χ1v) is 12.1. The van der Waals surface area contributed by atoms with Gasteiger partial charge < -0.3 is 10.2 Å². The SMILES string of the molecule is O=C(CC1(CC2CCCC2)CCN(C(C(=O)NC2CC2)C2CCCCC2)C1=O)NO. The van der Waals surface area contributed by atoms with Crippen molar-refractivity contribution in [2.75, 3.05) is 6.54 Å². The molecular weight excluding hydrogens is 382 g/mol. The average Bonchev–Trinajstić information content (AvgIpc) is 3.32. The minimum Gasteiger partial charge on any atom is -0.352 e. The zero-order chi connectivity index (χ0) is 21.1. The highest BCUT2D eigenvalue weighted by Gasteiger charge is 2.53. The predicted octanol–water partition coefficient (Wildman–Crippen LogP) is 2.91. The van der Waals surface area contributed by atoms with E-state index in [1.807, 2.05) is 4.90 Å². The molecule has 1 heterocycles. The number of carbonyl (C=O) groups excluding carboxylic acids is 3. The van der Waals surface area contributed by atoms with E-state index in [1.165, 1.54) is 19.3 Å². The molecule has 0 radical (unpaired) electrons. The van der Waals surface area contributed by atoms with E-state index in [4.69, 9.17) is 5.21 Å². The standard InChI is InChI=1S/C23H37N3O4/c27-19(25-30)15-23(14-16-6-4-5-7-16)12-13-26(22(23)29)20(17-8-2-1-3-9-17)21(28)24-18-10-11-18/h16-18,20,30H,1-15H2,(H,24,28)(H,25,27). The molecule has 3 saturated carbocycles. The largest absolute Gasteiger partial charge is 0.352 e. The number of nitrogens with one attached hydrogen (secondary N) is 2. The van der Waals surface area contributed by atoms with Gasteiger partial charge in [-0.15, -0.1) is 0 Å². The van der Waals surface area contributed by atoms with Crippen LogP contribution in [-0.4, -0.2) is 46.5 Å². The Morgan fingerprint density at radius 2 is 1.70 bits per heavy atom. The molecule has 168 valence electrons. The van der Waals surface area contributed by atoms with Crippen LogP contribution in [0.2, 0.25) is 0 Å². The average molecular weight is 420 g/mol. The Kier molecular flexibility index (Phi) is 6.66. The van der Waals surface area contributed by atoms with Gasteiger partial charge >= 0.3 is 0 Å². The molecule has 3 aliphatic carbocycles. The van der Waals surface area contributed by atoms with E-state index >= 15 is 0 Å². The maximum Gasteiger partial charge on any atom is 0.244 e. The van der Waals surface area contributed by atoms with Gasteiger partial charge in [-0.25, -0.2) is 5.48 Å². The Bertz CT molecular complexity index is 653. The first kappa shape index (κ1) is 21.6. The minimum absolute atomic E-state index is 0.000950. The molecule has 7 heteroatoms. The highest BCUT2D eigenvalue weighted by molar-refractivity contribution is 5.94. The van der Waals surface area contributed by atoms with Crippen molar-refractivity contribution in [3.63, 3.8) is 0 Å². The minimum atomic E-state index is -0.783. The summed E-state index contributed by atoms with van der Waals surface area (Å²) in [7, 11) is 0. The van der Waals surface area contributed by atoms with Gasteiger partial charge in [0.05, 0.1) is 5.41 Å². The summed E-state index contributed by atoms with van der Waals surface area (Å²) in [6, 6.07) is -0.147. The number of likely N-dealkylation sites (tertiary alicyclic amines) is 1. The summed E-state index contributed by atoms with van der Waals surface area (Å²) in [5.41, 5.74) is 0.955. The van der Waals surface area contributed by atoms with Crippen LogP contribution in [0.4, 0.5) is 0 Å². The van der Waals surface area contributed by atoms with E-state index in [9.17, 15) is 14.4 Å². The lowest BCUT2D eigenvalue weighted by Crippen LogP contribution is -2.54. The molecule has 2 unspecified atom stereocenters. The van der Waals surface area contributed by atoms with Crippen LogP contribution in [0.3, 0.4) is 0 Å². The van der Waals surface area contributed by atoms with E-state index in [-0.39, 0.29) is 30.2 Å². The molecule has 30 heavy (non-hydrogen) atoms. The van der Waals surface area contributed by atoms with Crippen LogP contribution in [0.5, 0.6) is 0 Å². The van der Waals surface area contributed by atoms with Gasteiger partial charge in [0.25, 0.3) is 0 Å². The summed E-state index contributed by atoms with van der Waals surface area (Å²) >= 11 is 0. The molecule has 4 rings (SSSR count). The smallest absolute Gasteiger partial charge is 0.244 e. The fraction of sp³-hybridized carbons (Fsp3) is 0.870. The molecule has 0 aromatic carbocycles. The quantitative estimate of drug-likeness (QED) is 0.416. The van der Waals surface area contributed by atoms with Gasteiger partial charge in [-0.05, 0) is 50.4 Å². The monoisotopic (exact) mass is 419 g/mol. The summed E-state index contributed by atoms with van der Waals surface area (Å²) in [5, 5.41) is 12.3. The number of carbonyl (C=O) groups is 3. The van der Waals surface area contributed by atoms with Crippen molar-refractivity contribution in [2.45, 2.75) is 102 Å². The lowest BCUT2D eigenvalue weighted by molar-refractivity contribution is -0.148. The zero-order valence-electron chi connectivity index (χ0n) is 18.0. The van der Waals surface area contributed by atoms with Crippen LogP contribution < -0.4 is 10.8 Å². The van der Waals surface area contributed by atoms with Gasteiger partial charge in [0.2, 0.25) is 17.7 Å². The van der Waals surface area contributed by atoms with E-state index in [0.717, 1.165) is 51.4 Å². The Morgan fingerprint density at radius 1 is 1.03 bits per heavy atom. The second kappa shape index (κ2) is 9.25. The number of hydroxylamine groups is 1. The maximum absolute atomic E-state index is 13.8. The van der Waals surface area contributed by atoms with E-state index < -0.39 is 17.4 Å². The lowest BCUT2D eigenvalue weighted by atomic mass is 9.74. The number of amides is 3. The maximum atomic E-state index is 13.8. The third kappa shape index (κ3) is 4.66. The zero-order valence-corrected chi connectivity index (χ0v) is 18.0. The van der Waals surface area contributed by atoms with Crippen LogP contribution in [0, 0.1) is 17.3 Å². The third-order valence-electron chi connectivity index (χ3n) is 7.95. The molecule has 3 N–H and O–H groups in total. The van der Waals surface area contributed by atoms with Crippen molar-refractivity contribution < 1.29 is 19.6 Å². The van der Waals surface area contributed by atoms with Gasteiger partial charge in [0.15, 0.2) is 0 Å². The molecule has 3 amide bonds. The lowest BCUT2D eigenvalue weighted by Gasteiger charge is -2.37. The predicted molar refractivity (Wildman–Crippen MR) is 111 cm³/mol. The molecule has 0 spiro atoms. The summed E-state index contributed by atoms with van der Waals surface area (Å²) in [4.78, 5) is 41.0. The Balaban J connectivity index is 1.56. The van der Waals surface area contributed by atoms with Crippen LogP contribution in [0.15, 0.2) is 0 Å². The van der Waals surface area contributed by atoms with Crippen LogP contribution in [0.1, 0.15) is 89.9 Å². The van der Waals surface area contributed by atoms with Crippen molar-refractivity contribution in [1.29, 1.82) is 0 Å². The highest BCUT2D eigenvalue weighted by atomic mass is 16.5. The van der Waals surface area contributed by atoms with Crippen LogP contribution in [0.25, 0.3) is 0 Å². The van der Waals surface area contributed by atoms with Crippen molar-refractivity contribution in [2.24, 2.45) is 17.3 Å². The molecule has 4 aliphatic rings. The van der Waals surface area contributed by atoms with E-state index in [1.54, 1.807) is 5.48 Å². The summed E-state index contributed by atoms with van der Waals surface area (Å²) in [5.74, 6) is 0.115.